The Morgan fingerprint density at radius 3 is 0.700 bits per heavy atom. The minimum Gasteiger partial charge on any atom is -0.356 e. The fraction of sp³-hybridized carbons (Fsp3) is 0.958. The predicted molar refractivity (Wildman–Crippen MR) is 228 cm³/mol. The Hall–Kier alpha value is -0.660. The molecular formula is C48H96N2. The molecule has 2 heteroatoms. The molecule has 0 saturated heterocycles. The van der Waals surface area contributed by atoms with Gasteiger partial charge in [0, 0.05) is 25.5 Å². The summed E-state index contributed by atoms with van der Waals surface area (Å²) in [6.45, 7) is 9.49. The molecule has 1 atom stereocenters. The van der Waals surface area contributed by atoms with Gasteiger partial charge in [0.2, 0.25) is 0 Å². The average Bonchev–Trinajstić information content (AvgIpc) is 3.51. The lowest BCUT2D eigenvalue weighted by molar-refractivity contribution is 0.135. The Bertz CT molecular complexity index is 659. The first kappa shape index (κ1) is 47.4. The third-order valence-electron chi connectivity index (χ3n) is 11.8. The van der Waals surface area contributed by atoms with Crippen molar-refractivity contribution < 1.29 is 0 Å². The van der Waals surface area contributed by atoms with Gasteiger partial charge in [-0.3, -0.25) is 0 Å². The molecule has 1 heterocycles. The summed E-state index contributed by atoms with van der Waals surface area (Å²) in [6, 6.07) is 0. The van der Waals surface area contributed by atoms with Gasteiger partial charge in [0.1, 0.15) is 6.17 Å². The molecule has 1 unspecified atom stereocenters. The summed E-state index contributed by atoms with van der Waals surface area (Å²) < 4.78 is 0. The Morgan fingerprint density at radius 1 is 0.260 bits per heavy atom. The van der Waals surface area contributed by atoms with E-state index in [4.69, 9.17) is 0 Å². The van der Waals surface area contributed by atoms with E-state index >= 15 is 0 Å². The number of nitrogens with zero attached hydrogens (tertiary/aromatic N) is 2. The summed E-state index contributed by atoms with van der Waals surface area (Å²) in [6.07, 6.45) is 63.4. The SMILES string of the molecule is CCCCCCCCCCCCCCCCCCC1N(CCCCCCCCCCCCC)C=CN1CCCCCCCCCCCCCC. The van der Waals surface area contributed by atoms with E-state index in [9.17, 15) is 0 Å². The molecular weight excluding hydrogens is 605 g/mol. The smallest absolute Gasteiger partial charge is 0.101 e. The fourth-order valence-corrected chi connectivity index (χ4v) is 8.31. The average molecular weight is 701 g/mol. The van der Waals surface area contributed by atoms with Crippen molar-refractivity contribution in [1.29, 1.82) is 0 Å². The molecule has 0 aliphatic carbocycles. The zero-order valence-corrected chi connectivity index (χ0v) is 35.3. The quantitative estimate of drug-likeness (QED) is 0.0585. The molecule has 1 aliphatic heterocycles. The summed E-state index contributed by atoms with van der Waals surface area (Å²) in [5.41, 5.74) is 0. The van der Waals surface area contributed by atoms with Gasteiger partial charge in [-0.05, 0) is 25.7 Å². The molecule has 50 heavy (non-hydrogen) atoms. The van der Waals surface area contributed by atoms with Crippen LogP contribution in [0, 0.1) is 0 Å². The van der Waals surface area contributed by atoms with Gasteiger partial charge in [-0.25, -0.2) is 0 Å². The van der Waals surface area contributed by atoms with Crippen LogP contribution in [0.25, 0.3) is 0 Å². The third-order valence-corrected chi connectivity index (χ3v) is 11.8. The summed E-state index contributed by atoms with van der Waals surface area (Å²) in [4.78, 5) is 5.47. The molecule has 298 valence electrons. The second-order valence-electron chi connectivity index (χ2n) is 16.8. The Labute approximate surface area is 318 Å². The van der Waals surface area contributed by atoms with E-state index in [1.54, 1.807) is 0 Å². The molecule has 1 rings (SSSR count). The van der Waals surface area contributed by atoms with Crippen LogP contribution < -0.4 is 0 Å². The number of hydrogen-bond acceptors (Lipinski definition) is 2. The molecule has 2 nitrogen and oxygen atoms in total. The monoisotopic (exact) mass is 701 g/mol. The van der Waals surface area contributed by atoms with Gasteiger partial charge in [0.25, 0.3) is 0 Å². The minimum atomic E-state index is 0.637. The van der Waals surface area contributed by atoms with Gasteiger partial charge in [-0.15, -0.1) is 0 Å². The van der Waals surface area contributed by atoms with Crippen molar-refractivity contribution in [3.05, 3.63) is 12.4 Å². The zero-order valence-electron chi connectivity index (χ0n) is 35.3. The molecule has 0 aromatic carbocycles. The molecule has 0 aromatic heterocycles. The van der Waals surface area contributed by atoms with Crippen LogP contribution in [0.1, 0.15) is 278 Å². The molecule has 0 amide bonds. The summed E-state index contributed by atoms with van der Waals surface area (Å²) >= 11 is 0. The highest BCUT2D eigenvalue weighted by Crippen LogP contribution is 2.24. The summed E-state index contributed by atoms with van der Waals surface area (Å²) in [7, 11) is 0. The van der Waals surface area contributed by atoms with Crippen LogP contribution in [0.15, 0.2) is 12.4 Å². The normalized spacial score (nSPS) is 14.5. The van der Waals surface area contributed by atoms with Crippen molar-refractivity contribution in [3.63, 3.8) is 0 Å². The molecule has 0 bridgehead atoms. The van der Waals surface area contributed by atoms with E-state index in [2.05, 4.69) is 43.0 Å². The zero-order chi connectivity index (χ0) is 35.8. The highest BCUT2D eigenvalue weighted by atomic mass is 15.4. The Kier molecular flexibility index (Phi) is 37.5. The standard InChI is InChI=1S/C48H96N2/c1-4-7-10-13-16-19-22-24-25-26-27-28-31-34-37-40-43-48-49(44-41-38-35-32-29-21-18-15-12-9-6-3)46-47-50(48)45-42-39-36-33-30-23-20-17-14-11-8-5-2/h46-48H,4-45H2,1-3H3. The third kappa shape index (κ3) is 30.9. The molecule has 0 saturated carbocycles. The highest BCUT2D eigenvalue weighted by molar-refractivity contribution is 4.97. The molecule has 0 N–H and O–H groups in total. The molecule has 0 aromatic rings. The van der Waals surface area contributed by atoms with Gasteiger partial charge in [-0.2, -0.15) is 0 Å². The van der Waals surface area contributed by atoms with Crippen molar-refractivity contribution >= 4 is 0 Å². The molecule has 0 fully saturated rings. The van der Waals surface area contributed by atoms with E-state index in [1.807, 2.05) is 0 Å². The first-order chi connectivity index (χ1) is 24.8. The topological polar surface area (TPSA) is 6.48 Å². The lowest BCUT2D eigenvalue weighted by atomic mass is 10.0. The maximum atomic E-state index is 2.74. The van der Waals surface area contributed by atoms with Crippen molar-refractivity contribution in [2.24, 2.45) is 0 Å². The Balaban J connectivity index is 2.20. The fourth-order valence-electron chi connectivity index (χ4n) is 8.31. The van der Waals surface area contributed by atoms with E-state index in [-0.39, 0.29) is 0 Å². The van der Waals surface area contributed by atoms with Crippen molar-refractivity contribution in [3.8, 4) is 0 Å². The van der Waals surface area contributed by atoms with Crippen molar-refractivity contribution in [2.75, 3.05) is 13.1 Å². The summed E-state index contributed by atoms with van der Waals surface area (Å²) in [5, 5.41) is 0. The van der Waals surface area contributed by atoms with Crippen molar-refractivity contribution in [2.45, 2.75) is 284 Å². The van der Waals surface area contributed by atoms with Crippen LogP contribution in [0.4, 0.5) is 0 Å². The molecule has 0 spiro atoms. The van der Waals surface area contributed by atoms with Crippen molar-refractivity contribution in [1.82, 2.24) is 9.80 Å². The van der Waals surface area contributed by atoms with Crippen LogP contribution in [-0.4, -0.2) is 29.1 Å². The first-order valence-corrected chi connectivity index (χ1v) is 24.0. The number of hydrogen-bond donors (Lipinski definition) is 0. The predicted octanol–water partition coefficient (Wildman–Crippen LogP) is 17.1. The maximum absolute atomic E-state index is 2.74. The molecule has 0 radical (unpaired) electrons. The lowest BCUT2D eigenvalue weighted by Crippen LogP contribution is -2.39. The second kappa shape index (κ2) is 39.5. The van der Waals surface area contributed by atoms with Gasteiger partial charge in [-0.1, -0.05) is 252 Å². The van der Waals surface area contributed by atoms with Gasteiger partial charge < -0.3 is 9.80 Å². The maximum Gasteiger partial charge on any atom is 0.101 e. The van der Waals surface area contributed by atoms with Gasteiger partial charge in [0.05, 0.1) is 0 Å². The first-order valence-electron chi connectivity index (χ1n) is 24.0. The molecule has 1 aliphatic rings. The number of rotatable bonds is 42. The van der Waals surface area contributed by atoms with Gasteiger partial charge >= 0.3 is 0 Å². The van der Waals surface area contributed by atoms with Crippen LogP contribution in [0.2, 0.25) is 0 Å². The van der Waals surface area contributed by atoms with E-state index in [1.165, 1.54) is 270 Å². The largest absolute Gasteiger partial charge is 0.356 e. The Morgan fingerprint density at radius 2 is 0.460 bits per heavy atom. The highest BCUT2D eigenvalue weighted by Gasteiger charge is 2.24. The second-order valence-corrected chi connectivity index (χ2v) is 16.8. The van der Waals surface area contributed by atoms with Crippen LogP contribution >= 0.6 is 0 Å². The van der Waals surface area contributed by atoms with E-state index < -0.39 is 0 Å². The summed E-state index contributed by atoms with van der Waals surface area (Å²) in [5.74, 6) is 0. The van der Waals surface area contributed by atoms with Crippen LogP contribution in [-0.2, 0) is 0 Å². The van der Waals surface area contributed by atoms with E-state index in [0.29, 0.717) is 6.17 Å². The minimum absolute atomic E-state index is 0.637. The number of unbranched alkanes of at least 4 members (excludes halogenated alkanes) is 36. The van der Waals surface area contributed by atoms with Crippen LogP contribution in [0.5, 0.6) is 0 Å². The van der Waals surface area contributed by atoms with Crippen LogP contribution in [0.3, 0.4) is 0 Å². The lowest BCUT2D eigenvalue weighted by Gasteiger charge is -2.33. The van der Waals surface area contributed by atoms with E-state index in [0.717, 1.165) is 0 Å². The van der Waals surface area contributed by atoms with Gasteiger partial charge in [0.15, 0.2) is 0 Å².